The molecule has 2 rings (SSSR count). The summed E-state index contributed by atoms with van der Waals surface area (Å²) in [5.74, 6) is 0. The van der Waals surface area contributed by atoms with Crippen molar-refractivity contribution in [1.82, 2.24) is 5.32 Å². The van der Waals surface area contributed by atoms with Gasteiger partial charge in [-0.2, -0.15) is 13.2 Å². The van der Waals surface area contributed by atoms with E-state index < -0.39 is 12.6 Å². The Morgan fingerprint density at radius 2 is 1.68 bits per heavy atom. The minimum Gasteiger partial charge on any atom is -0.313 e. The molecule has 1 N–H and O–H groups in total. The van der Waals surface area contributed by atoms with Crippen LogP contribution in [0.25, 0.3) is 10.8 Å². The summed E-state index contributed by atoms with van der Waals surface area (Å²) in [5, 5.41) is 5.36. The lowest BCUT2D eigenvalue weighted by molar-refractivity contribution is -0.135. The van der Waals surface area contributed by atoms with Crippen molar-refractivity contribution in [3.8, 4) is 0 Å². The zero-order valence-electron chi connectivity index (χ0n) is 10.5. The first-order valence-electron chi connectivity index (χ1n) is 6.30. The summed E-state index contributed by atoms with van der Waals surface area (Å²) in [5.41, 5.74) is 1.09. The van der Waals surface area contributed by atoms with Crippen LogP contribution in [0.4, 0.5) is 13.2 Å². The van der Waals surface area contributed by atoms with Crippen LogP contribution in [0.3, 0.4) is 0 Å². The van der Waals surface area contributed by atoms with E-state index in [0.717, 1.165) is 10.9 Å². The minimum atomic E-state index is -4.05. The number of halogens is 3. The zero-order chi connectivity index (χ0) is 13.7. The second-order valence-electron chi connectivity index (χ2n) is 4.58. The van der Waals surface area contributed by atoms with Gasteiger partial charge in [0.05, 0.1) is 0 Å². The number of hydrogen-bond acceptors (Lipinski definition) is 1. The average Bonchev–Trinajstić information content (AvgIpc) is 2.37. The Bertz CT molecular complexity index is 534. The Morgan fingerprint density at radius 3 is 2.42 bits per heavy atom. The van der Waals surface area contributed by atoms with Crippen LogP contribution in [0.15, 0.2) is 42.5 Å². The molecule has 0 aliphatic heterocycles. The first-order chi connectivity index (χ1) is 9.04. The maximum atomic E-state index is 12.0. The first kappa shape index (κ1) is 13.9. The summed E-state index contributed by atoms with van der Waals surface area (Å²) >= 11 is 0. The second kappa shape index (κ2) is 6.06. The number of benzene rings is 2. The fourth-order valence-corrected chi connectivity index (χ4v) is 2.00. The van der Waals surface area contributed by atoms with Crippen LogP contribution in [-0.4, -0.2) is 12.7 Å². The summed E-state index contributed by atoms with van der Waals surface area (Å²) in [7, 11) is 0. The van der Waals surface area contributed by atoms with Crippen molar-refractivity contribution in [2.24, 2.45) is 0 Å². The normalized spacial score (nSPS) is 11.9. The highest BCUT2D eigenvalue weighted by Gasteiger charge is 2.25. The van der Waals surface area contributed by atoms with E-state index in [4.69, 9.17) is 0 Å². The molecule has 0 saturated heterocycles. The molecular weight excluding hydrogens is 251 g/mol. The molecular formula is C15H16F3N. The highest BCUT2D eigenvalue weighted by Crippen LogP contribution is 2.20. The van der Waals surface area contributed by atoms with Crippen LogP contribution in [0, 0.1) is 0 Å². The monoisotopic (exact) mass is 267 g/mol. The summed E-state index contributed by atoms with van der Waals surface area (Å²) in [6, 6.07) is 14.1. The summed E-state index contributed by atoms with van der Waals surface area (Å²) < 4.78 is 35.9. The third kappa shape index (κ3) is 4.56. The van der Waals surface area contributed by atoms with Crippen molar-refractivity contribution in [2.45, 2.75) is 25.6 Å². The fraction of sp³-hybridized carbons (Fsp3) is 0.333. The van der Waals surface area contributed by atoms with Gasteiger partial charge in [0.15, 0.2) is 0 Å². The number of rotatable bonds is 5. The van der Waals surface area contributed by atoms with Gasteiger partial charge in [-0.3, -0.25) is 0 Å². The van der Waals surface area contributed by atoms with E-state index in [-0.39, 0.29) is 6.42 Å². The van der Waals surface area contributed by atoms with Crippen molar-refractivity contribution in [3.63, 3.8) is 0 Å². The van der Waals surface area contributed by atoms with Gasteiger partial charge in [0.1, 0.15) is 0 Å². The smallest absolute Gasteiger partial charge is 0.313 e. The molecule has 0 fully saturated rings. The molecule has 2 aromatic rings. The highest BCUT2D eigenvalue weighted by molar-refractivity contribution is 5.82. The highest BCUT2D eigenvalue weighted by atomic mass is 19.4. The van der Waals surface area contributed by atoms with E-state index >= 15 is 0 Å². The van der Waals surface area contributed by atoms with Crippen molar-refractivity contribution >= 4 is 10.8 Å². The molecule has 0 radical (unpaired) electrons. The Hall–Kier alpha value is -1.55. The van der Waals surface area contributed by atoms with Crippen LogP contribution in [-0.2, 0) is 6.54 Å². The maximum Gasteiger partial charge on any atom is 0.389 e. The molecule has 4 heteroatoms. The Morgan fingerprint density at radius 1 is 0.947 bits per heavy atom. The van der Waals surface area contributed by atoms with E-state index in [1.165, 1.54) is 5.39 Å². The number of fused-ring (bicyclic) bond motifs is 1. The molecule has 0 bridgehead atoms. The minimum absolute atomic E-state index is 0.122. The lowest BCUT2D eigenvalue weighted by Crippen LogP contribution is -2.17. The second-order valence-corrected chi connectivity index (χ2v) is 4.58. The SMILES string of the molecule is FC(F)(F)CCCNCc1ccc2ccccc2c1. The van der Waals surface area contributed by atoms with Crippen LogP contribution in [0.5, 0.6) is 0 Å². The van der Waals surface area contributed by atoms with E-state index in [2.05, 4.69) is 11.4 Å². The van der Waals surface area contributed by atoms with Gasteiger partial charge in [-0.05, 0) is 35.4 Å². The molecule has 0 heterocycles. The maximum absolute atomic E-state index is 12.0. The molecule has 0 saturated carbocycles. The zero-order valence-corrected chi connectivity index (χ0v) is 10.5. The van der Waals surface area contributed by atoms with Crippen molar-refractivity contribution < 1.29 is 13.2 Å². The standard InChI is InChI=1S/C15H16F3N/c16-15(17,18)8-3-9-19-11-12-6-7-13-4-1-2-5-14(13)10-12/h1-2,4-7,10,19H,3,8-9,11H2. The third-order valence-corrected chi connectivity index (χ3v) is 2.96. The quantitative estimate of drug-likeness (QED) is 0.798. The lowest BCUT2D eigenvalue weighted by Gasteiger charge is -2.08. The summed E-state index contributed by atoms with van der Waals surface area (Å²) in [6.45, 7) is 0.981. The summed E-state index contributed by atoms with van der Waals surface area (Å²) in [6.07, 6.45) is -4.65. The molecule has 2 aromatic carbocycles. The Kier molecular flexibility index (Phi) is 4.43. The Balaban J connectivity index is 1.82. The molecule has 0 aromatic heterocycles. The number of alkyl halides is 3. The van der Waals surface area contributed by atoms with Gasteiger partial charge in [0.2, 0.25) is 0 Å². The predicted octanol–water partition coefficient (Wildman–Crippen LogP) is 4.27. The molecule has 0 aliphatic carbocycles. The lowest BCUT2D eigenvalue weighted by atomic mass is 10.1. The van der Waals surface area contributed by atoms with Crippen LogP contribution in [0.1, 0.15) is 18.4 Å². The van der Waals surface area contributed by atoms with Gasteiger partial charge in [-0.25, -0.2) is 0 Å². The van der Waals surface area contributed by atoms with Gasteiger partial charge in [0, 0.05) is 13.0 Å². The largest absolute Gasteiger partial charge is 0.389 e. The van der Waals surface area contributed by atoms with Crippen molar-refractivity contribution in [3.05, 3.63) is 48.0 Å². The van der Waals surface area contributed by atoms with Crippen LogP contribution in [0.2, 0.25) is 0 Å². The third-order valence-electron chi connectivity index (χ3n) is 2.96. The molecule has 0 atom stereocenters. The average molecular weight is 267 g/mol. The van der Waals surface area contributed by atoms with Gasteiger partial charge in [-0.1, -0.05) is 36.4 Å². The predicted molar refractivity (Wildman–Crippen MR) is 70.9 cm³/mol. The van der Waals surface area contributed by atoms with Crippen molar-refractivity contribution in [1.29, 1.82) is 0 Å². The molecule has 1 nitrogen and oxygen atoms in total. The molecule has 0 amide bonds. The molecule has 102 valence electrons. The van der Waals surface area contributed by atoms with Gasteiger partial charge < -0.3 is 5.32 Å². The van der Waals surface area contributed by atoms with E-state index in [1.54, 1.807) is 0 Å². The van der Waals surface area contributed by atoms with Crippen molar-refractivity contribution in [2.75, 3.05) is 6.54 Å². The van der Waals surface area contributed by atoms with Crippen LogP contribution >= 0.6 is 0 Å². The Labute approximate surface area is 110 Å². The van der Waals surface area contributed by atoms with E-state index in [9.17, 15) is 13.2 Å². The van der Waals surface area contributed by atoms with E-state index in [1.807, 2.05) is 36.4 Å². The molecule has 0 unspecified atom stereocenters. The summed E-state index contributed by atoms with van der Waals surface area (Å²) in [4.78, 5) is 0. The molecule has 0 aliphatic rings. The molecule has 19 heavy (non-hydrogen) atoms. The van der Waals surface area contributed by atoms with E-state index in [0.29, 0.717) is 13.1 Å². The van der Waals surface area contributed by atoms with Gasteiger partial charge >= 0.3 is 6.18 Å². The molecule has 0 spiro atoms. The van der Waals surface area contributed by atoms with Gasteiger partial charge in [0.25, 0.3) is 0 Å². The van der Waals surface area contributed by atoms with Crippen LogP contribution < -0.4 is 5.32 Å². The number of hydrogen-bond donors (Lipinski definition) is 1. The number of nitrogens with one attached hydrogen (secondary N) is 1. The first-order valence-corrected chi connectivity index (χ1v) is 6.30. The van der Waals surface area contributed by atoms with Gasteiger partial charge in [-0.15, -0.1) is 0 Å². The topological polar surface area (TPSA) is 12.0 Å². The fourth-order valence-electron chi connectivity index (χ4n) is 2.00.